The lowest BCUT2D eigenvalue weighted by Gasteiger charge is -2.21. The molecule has 0 aromatic rings. The van der Waals surface area contributed by atoms with E-state index in [-0.39, 0.29) is 17.8 Å². The predicted molar refractivity (Wildman–Crippen MR) is 54.3 cm³/mol. The number of rotatable bonds is 2. The van der Waals surface area contributed by atoms with Crippen LogP contribution in [0.2, 0.25) is 0 Å². The van der Waals surface area contributed by atoms with Crippen molar-refractivity contribution < 1.29 is 19.4 Å². The van der Waals surface area contributed by atoms with Crippen molar-refractivity contribution in [2.75, 3.05) is 0 Å². The summed E-state index contributed by atoms with van der Waals surface area (Å²) in [7, 11) is 0. The van der Waals surface area contributed by atoms with Crippen molar-refractivity contribution in [1.29, 1.82) is 0 Å². The quantitative estimate of drug-likeness (QED) is 0.712. The smallest absolute Gasteiger partial charge is 0.309 e. The van der Waals surface area contributed by atoms with Gasteiger partial charge in [-0.3, -0.25) is 9.59 Å². The molecule has 0 heterocycles. The number of esters is 1. The molecule has 0 unspecified atom stereocenters. The molecule has 2 atom stereocenters. The largest absolute Gasteiger partial charge is 0.481 e. The molecule has 1 aliphatic carbocycles. The highest BCUT2D eigenvalue weighted by Crippen LogP contribution is 2.32. The second-order valence-electron chi connectivity index (χ2n) is 5.08. The third-order valence-corrected chi connectivity index (χ3v) is 2.52. The van der Waals surface area contributed by atoms with E-state index < -0.39 is 11.6 Å². The third-order valence-electron chi connectivity index (χ3n) is 2.52. The summed E-state index contributed by atoms with van der Waals surface area (Å²) in [5.41, 5.74) is -0.488. The minimum absolute atomic E-state index is 0.231. The summed E-state index contributed by atoms with van der Waals surface area (Å²) in [6, 6.07) is 0. The van der Waals surface area contributed by atoms with Crippen molar-refractivity contribution >= 4 is 11.9 Å². The molecule has 86 valence electrons. The maximum atomic E-state index is 11.6. The van der Waals surface area contributed by atoms with Crippen molar-refractivity contribution in [2.45, 2.75) is 45.6 Å². The van der Waals surface area contributed by atoms with E-state index in [0.29, 0.717) is 19.3 Å². The van der Waals surface area contributed by atoms with Gasteiger partial charge in [0.15, 0.2) is 0 Å². The minimum Gasteiger partial charge on any atom is -0.481 e. The van der Waals surface area contributed by atoms with Crippen LogP contribution < -0.4 is 0 Å². The van der Waals surface area contributed by atoms with Crippen molar-refractivity contribution in [3.63, 3.8) is 0 Å². The van der Waals surface area contributed by atoms with Crippen molar-refractivity contribution in [1.82, 2.24) is 0 Å². The first-order chi connectivity index (χ1) is 6.79. The molecule has 1 saturated carbocycles. The predicted octanol–water partition coefficient (Wildman–Crippen LogP) is 1.83. The second-order valence-corrected chi connectivity index (χ2v) is 5.08. The molecule has 0 bridgehead atoms. The molecule has 0 saturated heterocycles. The van der Waals surface area contributed by atoms with Gasteiger partial charge in [-0.2, -0.15) is 0 Å². The Morgan fingerprint density at radius 3 is 2.13 bits per heavy atom. The van der Waals surface area contributed by atoms with Gasteiger partial charge in [0.05, 0.1) is 11.8 Å². The van der Waals surface area contributed by atoms with Gasteiger partial charge < -0.3 is 9.84 Å². The highest BCUT2D eigenvalue weighted by molar-refractivity contribution is 5.76. The maximum absolute atomic E-state index is 11.6. The first-order valence-corrected chi connectivity index (χ1v) is 5.25. The summed E-state index contributed by atoms with van der Waals surface area (Å²) in [4.78, 5) is 22.3. The van der Waals surface area contributed by atoms with E-state index in [1.807, 2.05) is 20.8 Å². The number of carbonyl (C=O) groups excluding carboxylic acids is 1. The van der Waals surface area contributed by atoms with Crippen molar-refractivity contribution in [2.24, 2.45) is 11.8 Å². The molecule has 0 aromatic heterocycles. The van der Waals surface area contributed by atoms with Gasteiger partial charge in [0, 0.05) is 0 Å². The molecule has 1 N–H and O–H groups in total. The number of hydrogen-bond donors (Lipinski definition) is 1. The standard InChI is InChI=1S/C11H18O4/c1-11(2,3)15-10(14)8-5-4-7(6-8)9(12)13/h7-8H,4-6H2,1-3H3,(H,12,13)/t7-,8+/m0/s1. The van der Waals surface area contributed by atoms with Crippen LogP contribution in [-0.2, 0) is 14.3 Å². The van der Waals surface area contributed by atoms with E-state index in [1.54, 1.807) is 0 Å². The van der Waals surface area contributed by atoms with Gasteiger partial charge in [-0.25, -0.2) is 0 Å². The van der Waals surface area contributed by atoms with E-state index >= 15 is 0 Å². The van der Waals surface area contributed by atoms with Gasteiger partial charge >= 0.3 is 11.9 Å². The molecule has 0 radical (unpaired) electrons. The zero-order valence-electron chi connectivity index (χ0n) is 9.45. The summed E-state index contributed by atoms with van der Waals surface area (Å²) in [6.45, 7) is 5.44. The van der Waals surface area contributed by atoms with Crippen molar-refractivity contribution in [3.8, 4) is 0 Å². The van der Waals surface area contributed by atoms with Gasteiger partial charge in [0.2, 0.25) is 0 Å². The first kappa shape index (κ1) is 12.0. The Kier molecular flexibility index (Phi) is 3.37. The van der Waals surface area contributed by atoms with Crippen LogP contribution in [-0.4, -0.2) is 22.6 Å². The van der Waals surface area contributed by atoms with Crippen LogP contribution in [0.15, 0.2) is 0 Å². The molecule has 1 fully saturated rings. The summed E-state index contributed by atoms with van der Waals surface area (Å²) >= 11 is 0. The maximum Gasteiger partial charge on any atom is 0.309 e. The van der Waals surface area contributed by atoms with Crippen LogP contribution in [0.4, 0.5) is 0 Å². The Hall–Kier alpha value is -1.06. The number of hydrogen-bond acceptors (Lipinski definition) is 3. The zero-order valence-corrected chi connectivity index (χ0v) is 9.45. The fourth-order valence-corrected chi connectivity index (χ4v) is 1.80. The first-order valence-electron chi connectivity index (χ1n) is 5.25. The molecule has 4 nitrogen and oxygen atoms in total. The molecule has 1 rings (SSSR count). The van der Waals surface area contributed by atoms with Gasteiger partial charge in [0.1, 0.15) is 5.60 Å². The third kappa shape index (κ3) is 3.53. The Morgan fingerprint density at radius 1 is 1.20 bits per heavy atom. The van der Waals surface area contributed by atoms with Gasteiger partial charge in [-0.1, -0.05) is 0 Å². The van der Waals surface area contributed by atoms with Crippen LogP contribution >= 0.6 is 0 Å². The lowest BCUT2D eigenvalue weighted by Crippen LogP contribution is -2.28. The summed E-state index contributed by atoms with van der Waals surface area (Å²) < 4.78 is 5.22. The Balaban J connectivity index is 2.47. The molecular formula is C11H18O4. The lowest BCUT2D eigenvalue weighted by atomic mass is 10.0. The summed E-state index contributed by atoms with van der Waals surface area (Å²) in [5.74, 6) is -1.67. The molecule has 4 heteroatoms. The van der Waals surface area contributed by atoms with Crippen LogP contribution in [0.1, 0.15) is 40.0 Å². The van der Waals surface area contributed by atoms with Crippen LogP contribution in [0, 0.1) is 11.8 Å². The second kappa shape index (κ2) is 4.21. The Bertz CT molecular complexity index is 264. The Morgan fingerprint density at radius 2 is 1.73 bits per heavy atom. The number of carbonyl (C=O) groups is 2. The van der Waals surface area contributed by atoms with E-state index in [2.05, 4.69) is 0 Å². The van der Waals surface area contributed by atoms with Crippen molar-refractivity contribution in [3.05, 3.63) is 0 Å². The zero-order chi connectivity index (χ0) is 11.6. The van der Waals surface area contributed by atoms with Crippen LogP contribution in [0.5, 0.6) is 0 Å². The fourth-order valence-electron chi connectivity index (χ4n) is 1.80. The molecular weight excluding hydrogens is 196 g/mol. The number of ether oxygens (including phenoxy) is 1. The van der Waals surface area contributed by atoms with Crippen LogP contribution in [0.25, 0.3) is 0 Å². The number of carboxylic acid groups (broad SMARTS) is 1. The van der Waals surface area contributed by atoms with Gasteiger partial charge in [-0.15, -0.1) is 0 Å². The van der Waals surface area contributed by atoms with E-state index in [1.165, 1.54) is 0 Å². The highest BCUT2D eigenvalue weighted by Gasteiger charge is 2.36. The van der Waals surface area contributed by atoms with E-state index in [4.69, 9.17) is 9.84 Å². The summed E-state index contributed by atoms with van der Waals surface area (Å²) in [6.07, 6.45) is 1.63. The normalized spacial score (nSPS) is 26.3. The van der Waals surface area contributed by atoms with E-state index in [0.717, 1.165) is 0 Å². The molecule has 0 amide bonds. The average molecular weight is 214 g/mol. The van der Waals surface area contributed by atoms with Crippen LogP contribution in [0.3, 0.4) is 0 Å². The fraction of sp³-hybridized carbons (Fsp3) is 0.818. The Labute approximate surface area is 89.6 Å². The molecule has 1 aliphatic rings. The van der Waals surface area contributed by atoms with Gasteiger partial charge in [-0.05, 0) is 40.0 Å². The molecule has 0 aromatic carbocycles. The highest BCUT2D eigenvalue weighted by atomic mass is 16.6. The summed E-state index contributed by atoms with van der Waals surface area (Å²) in [5, 5.41) is 8.79. The molecule has 15 heavy (non-hydrogen) atoms. The average Bonchev–Trinajstić information content (AvgIpc) is 2.47. The molecule has 0 aliphatic heterocycles. The number of aliphatic carboxylic acids is 1. The van der Waals surface area contributed by atoms with E-state index in [9.17, 15) is 9.59 Å². The minimum atomic E-state index is -0.805. The number of carboxylic acids is 1. The lowest BCUT2D eigenvalue weighted by molar-refractivity contribution is -0.159. The topological polar surface area (TPSA) is 63.6 Å². The van der Waals surface area contributed by atoms with Gasteiger partial charge in [0.25, 0.3) is 0 Å². The monoisotopic (exact) mass is 214 g/mol. The molecule has 0 spiro atoms. The SMILES string of the molecule is CC(C)(C)OC(=O)[C@@H]1CC[C@H](C(=O)O)C1.